The van der Waals surface area contributed by atoms with Crippen LogP contribution in [-0.4, -0.2) is 16.6 Å². The van der Waals surface area contributed by atoms with Crippen molar-refractivity contribution in [2.75, 3.05) is 6.61 Å². The molecule has 0 fully saturated rings. The van der Waals surface area contributed by atoms with Crippen LogP contribution in [0.25, 0.3) is 6.08 Å². The number of hydrogen-bond donors (Lipinski definition) is 1. The van der Waals surface area contributed by atoms with Crippen molar-refractivity contribution in [2.45, 2.75) is 20.3 Å². The minimum absolute atomic E-state index is 0.113. The molecular formula is C12H15NO3. The Morgan fingerprint density at radius 3 is 2.38 bits per heavy atom. The predicted molar refractivity (Wildman–Crippen MR) is 63.3 cm³/mol. The first-order valence-electron chi connectivity index (χ1n) is 5.09. The lowest BCUT2D eigenvalue weighted by molar-refractivity contribution is -0.386. The second-order valence-electron chi connectivity index (χ2n) is 3.68. The zero-order valence-electron chi connectivity index (χ0n) is 9.43. The Morgan fingerprint density at radius 1 is 1.38 bits per heavy atom. The smallest absolute Gasteiger partial charge is 0.275 e. The van der Waals surface area contributed by atoms with E-state index in [4.69, 9.17) is 5.11 Å². The highest BCUT2D eigenvalue weighted by molar-refractivity contribution is 5.58. The molecule has 0 heterocycles. The van der Waals surface area contributed by atoms with Gasteiger partial charge in [-0.15, -0.1) is 0 Å². The summed E-state index contributed by atoms with van der Waals surface area (Å²) >= 11 is 0. The summed E-state index contributed by atoms with van der Waals surface area (Å²) in [5.41, 5.74) is 2.43. The highest BCUT2D eigenvalue weighted by Gasteiger charge is 2.14. The largest absolute Gasteiger partial charge is 0.396 e. The third-order valence-corrected chi connectivity index (χ3v) is 2.30. The Kier molecular flexibility index (Phi) is 4.19. The molecule has 1 aromatic carbocycles. The molecule has 0 amide bonds. The van der Waals surface area contributed by atoms with Crippen molar-refractivity contribution in [3.63, 3.8) is 0 Å². The number of nitro benzene ring substituents is 1. The van der Waals surface area contributed by atoms with Crippen molar-refractivity contribution in [1.29, 1.82) is 0 Å². The molecule has 0 saturated heterocycles. The molecule has 86 valence electrons. The average Bonchev–Trinajstić information content (AvgIpc) is 2.16. The lowest BCUT2D eigenvalue weighted by Crippen LogP contribution is -1.95. The Balaban J connectivity index is 3.05. The van der Waals surface area contributed by atoms with Gasteiger partial charge in [0.05, 0.1) is 4.92 Å². The molecule has 4 heteroatoms. The fourth-order valence-corrected chi connectivity index (χ4v) is 1.67. The third-order valence-electron chi connectivity index (χ3n) is 2.30. The van der Waals surface area contributed by atoms with Crippen molar-refractivity contribution < 1.29 is 10.0 Å². The van der Waals surface area contributed by atoms with Crippen LogP contribution in [0.2, 0.25) is 0 Å². The molecule has 1 N–H and O–H groups in total. The fourth-order valence-electron chi connectivity index (χ4n) is 1.67. The SMILES string of the molecule is Cc1cc(C=CCCO)cc(C)c1[N+](=O)[O-]. The fraction of sp³-hybridized carbons (Fsp3) is 0.333. The van der Waals surface area contributed by atoms with Crippen LogP contribution in [0.1, 0.15) is 23.1 Å². The Labute approximate surface area is 94.4 Å². The first-order chi connectivity index (χ1) is 7.56. The Hall–Kier alpha value is -1.68. The molecule has 1 rings (SSSR count). The van der Waals surface area contributed by atoms with E-state index in [0.29, 0.717) is 17.5 Å². The Bertz CT molecular complexity index is 401. The minimum atomic E-state index is -0.355. The summed E-state index contributed by atoms with van der Waals surface area (Å²) in [6.07, 6.45) is 4.30. The number of aliphatic hydroxyl groups excluding tert-OH is 1. The highest BCUT2D eigenvalue weighted by Crippen LogP contribution is 2.24. The van der Waals surface area contributed by atoms with Gasteiger partial charge in [-0.1, -0.05) is 12.2 Å². The van der Waals surface area contributed by atoms with E-state index in [1.165, 1.54) is 0 Å². The maximum atomic E-state index is 10.8. The number of aliphatic hydroxyl groups is 1. The molecular weight excluding hydrogens is 206 g/mol. The molecule has 0 aliphatic rings. The van der Waals surface area contributed by atoms with E-state index in [-0.39, 0.29) is 17.2 Å². The number of benzene rings is 1. The predicted octanol–water partition coefficient (Wildman–Crippen LogP) is 2.61. The van der Waals surface area contributed by atoms with E-state index < -0.39 is 0 Å². The molecule has 1 aromatic rings. The summed E-state index contributed by atoms with van der Waals surface area (Å²) in [6, 6.07) is 3.55. The molecule has 0 aliphatic carbocycles. The summed E-state index contributed by atoms with van der Waals surface area (Å²) in [5, 5.41) is 19.4. The van der Waals surface area contributed by atoms with Crippen LogP contribution < -0.4 is 0 Å². The van der Waals surface area contributed by atoms with Gasteiger partial charge < -0.3 is 5.11 Å². The zero-order chi connectivity index (χ0) is 12.1. The van der Waals surface area contributed by atoms with Gasteiger partial charge in [-0.25, -0.2) is 0 Å². The van der Waals surface area contributed by atoms with Gasteiger partial charge in [0.2, 0.25) is 0 Å². The van der Waals surface area contributed by atoms with Crippen LogP contribution in [-0.2, 0) is 0 Å². The van der Waals surface area contributed by atoms with Gasteiger partial charge in [0.25, 0.3) is 5.69 Å². The molecule has 0 atom stereocenters. The van der Waals surface area contributed by atoms with Crippen molar-refractivity contribution in [1.82, 2.24) is 0 Å². The summed E-state index contributed by atoms with van der Waals surface area (Å²) < 4.78 is 0. The lowest BCUT2D eigenvalue weighted by Gasteiger charge is -2.03. The topological polar surface area (TPSA) is 63.4 Å². The normalized spacial score (nSPS) is 10.9. The zero-order valence-corrected chi connectivity index (χ0v) is 9.43. The van der Waals surface area contributed by atoms with E-state index in [1.54, 1.807) is 26.0 Å². The van der Waals surface area contributed by atoms with Gasteiger partial charge in [-0.2, -0.15) is 0 Å². The van der Waals surface area contributed by atoms with E-state index >= 15 is 0 Å². The molecule has 0 aromatic heterocycles. The molecule has 0 aliphatic heterocycles. The summed E-state index contributed by atoms with van der Waals surface area (Å²) in [7, 11) is 0. The second kappa shape index (κ2) is 5.42. The van der Waals surface area contributed by atoms with Crippen LogP contribution in [0.4, 0.5) is 5.69 Å². The van der Waals surface area contributed by atoms with Crippen LogP contribution in [0, 0.1) is 24.0 Å². The van der Waals surface area contributed by atoms with Gasteiger partial charge >= 0.3 is 0 Å². The third kappa shape index (κ3) is 2.90. The molecule has 0 radical (unpaired) electrons. The van der Waals surface area contributed by atoms with Crippen molar-refractivity contribution in [3.8, 4) is 0 Å². The van der Waals surface area contributed by atoms with Gasteiger partial charge in [0, 0.05) is 17.7 Å². The second-order valence-corrected chi connectivity index (χ2v) is 3.68. The number of hydrogen-bond acceptors (Lipinski definition) is 3. The number of rotatable bonds is 4. The van der Waals surface area contributed by atoms with E-state index in [2.05, 4.69) is 0 Å². The standard InChI is InChI=1S/C12H15NO3/c1-9-7-11(5-3-4-6-14)8-10(2)12(9)13(15)16/h3,5,7-8,14H,4,6H2,1-2H3. The summed E-state index contributed by atoms with van der Waals surface area (Å²) in [4.78, 5) is 10.4. The molecule has 0 bridgehead atoms. The number of aryl methyl sites for hydroxylation is 2. The maximum absolute atomic E-state index is 10.8. The van der Waals surface area contributed by atoms with Crippen molar-refractivity contribution in [2.24, 2.45) is 0 Å². The highest BCUT2D eigenvalue weighted by atomic mass is 16.6. The quantitative estimate of drug-likeness (QED) is 0.627. The summed E-state index contributed by atoms with van der Waals surface area (Å²) in [5.74, 6) is 0. The first-order valence-corrected chi connectivity index (χ1v) is 5.09. The van der Waals surface area contributed by atoms with Crippen LogP contribution in [0.3, 0.4) is 0 Å². The van der Waals surface area contributed by atoms with Gasteiger partial charge in [-0.3, -0.25) is 10.1 Å². The monoisotopic (exact) mass is 221 g/mol. The van der Waals surface area contributed by atoms with E-state index in [1.807, 2.05) is 12.2 Å². The van der Waals surface area contributed by atoms with Gasteiger partial charge in [-0.05, 0) is 38.0 Å². The Morgan fingerprint density at radius 2 is 1.94 bits per heavy atom. The van der Waals surface area contributed by atoms with Crippen LogP contribution in [0.5, 0.6) is 0 Å². The van der Waals surface area contributed by atoms with Gasteiger partial charge in [0.1, 0.15) is 0 Å². The minimum Gasteiger partial charge on any atom is -0.396 e. The number of nitrogens with zero attached hydrogens (tertiary/aromatic N) is 1. The van der Waals surface area contributed by atoms with Gasteiger partial charge in [0.15, 0.2) is 0 Å². The average molecular weight is 221 g/mol. The maximum Gasteiger partial charge on any atom is 0.275 e. The summed E-state index contributed by atoms with van der Waals surface area (Å²) in [6.45, 7) is 3.57. The van der Waals surface area contributed by atoms with Crippen molar-refractivity contribution in [3.05, 3.63) is 45.0 Å². The number of nitro groups is 1. The van der Waals surface area contributed by atoms with Crippen LogP contribution in [0.15, 0.2) is 18.2 Å². The van der Waals surface area contributed by atoms with E-state index in [9.17, 15) is 10.1 Å². The first kappa shape index (κ1) is 12.4. The van der Waals surface area contributed by atoms with Crippen molar-refractivity contribution >= 4 is 11.8 Å². The lowest BCUT2D eigenvalue weighted by atomic mass is 10.0. The molecule has 16 heavy (non-hydrogen) atoms. The molecule has 0 saturated carbocycles. The van der Waals surface area contributed by atoms with E-state index in [0.717, 1.165) is 5.56 Å². The molecule has 0 spiro atoms. The van der Waals surface area contributed by atoms with Crippen LogP contribution >= 0.6 is 0 Å². The molecule has 0 unspecified atom stereocenters. The molecule has 4 nitrogen and oxygen atoms in total.